The molecular formula is C16H16O2. The minimum atomic E-state index is -0.684. The Hall–Kier alpha value is -1.93. The number of aliphatic hydroxyl groups is 1. The molecule has 0 bridgehead atoms. The van der Waals surface area contributed by atoms with Gasteiger partial charge in [-0.1, -0.05) is 55.5 Å². The molecule has 2 heteroatoms. The number of carbonyl (C=O) groups excluding carboxylic acids is 1. The zero-order valence-corrected chi connectivity index (χ0v) is 10.3. The van der Waals surface area contributed by atoms with E-state index in [1.807, 2.05) is 49.4 Å². The second-order valence-electron chi connectivity index (χ2n) is 4.22. The van der Waals surface area contributed by atoms with Gasteiger partial charge in [-0.05, 0) is 17.2 Å². The molecule has 0 saturated carbocycles. The minimum Gasteiger partial charge on any atom is -0.384 e. The van der Waals surface area contributed by atoms with Crippen LogP contribution in [0, 0.1) is 0 Å². The molecule has 2 aromatic carbocycles. The summed E-state index contributed by atoms with van der Waals surface area (Å²) in [7, 11) is 0. The molecule has 1 unspecified atom stereocenters. The number of ketones is 1. The van der Waals surface area contributed by atoms with Gasteiger partial charge in [0.05, 0.1) is 0 Å². The average molecular weight is 240 g/mol. The van der Waals surface area contributed by atoms with Crippen molar-refractivity contribution in [3.8, 4) is 0 Å². The van der Waals surface area contributed by atoms with Gasteiger partial charge >= 0.3 is 0 Å². The zero-order chi connectivity index (χ0) is 13.0. The quantitative estimate of drug-likeness (QED) is 0.832. The van der Waals surface area contributed by atoms with Crippen molar-refractivity contribution in [1.82, 2.24) is 0 Å². The lowest BCUT2D eigenvalue weighted by molar-refractivity contribution is 0.0988. The summed E-state index contributed by atoms with van der Waals surface area (Å²) in [6.07, 6.45) is -0.207. The van der Waals surface area contributed by atoms with Crippen LogP contribution in [0.15, 0.2) is 54.6 Å². The van der Waals surface area contributed by atoms with Gasteiger partial charge in [-0.3, -0.25) is 4.79 Å². The van der Waals surface area contributed by atoms with Crippen LogP contribution in [-0.2, 0) is 0 Å². The molecule has 0 fully saturated rings. The Morgan fingerprint density at radius 1 is 1.06 bits per heavy atom. The summed E-state index contributed by atoms with van der Waals surface area (Å²) in [6.45, 7) is 1.84. The van der Waals surface area contributed by atoms with Gasteiger partial charge in [0, 0.05) is 12.0 Å². The Morgan fingerprint density at radius 2 is 1.72 bits per heavy atom. The number of Topliss-reactive ketones (excluding diaryl/α,β-unsaturated/α-hetero) is 1. The molecule has 0 radical (unpaired) electrons. The number of hydrogen-bond acceptors (Lipinski definition) is 2. The molecular weight excluding hydrogens is 224 g/mol. The second-order valence-corrected chi connectivity index (χ2v) is 4.22. The Labute approximate surface area is 107 Å². The molecule has 0 heterocycles. The van der Waals surface area contributed by atoms with E-state index in [1.165, 1.54) is 0 Å². The summed E-state index contributed by atoms with van der Waals surface area (Å²) in [6, 6.07) is 16.6. The third-order valence-electron chi connectivity index (χ3n) is 2.96. The average Bonchev–Trinajstić information content (AvgIpc) is 2.46. The fraction of sp³-hybridized carbons (Fsp3) is 0.188. The lowest BCUT2D eigenvalue weighted by Gasteiger charge is -2.12. The van der Waals surface area contributed by atoms with E-state index in [9.17, 15) is 9.90 Å². The highest BCUT2D eigenvalue weighted by molar-refractivity contribution is 5.96. The molecule has 92 valence electrons. The maximum absolute atomic E-state index is 11.6. The molecule has 0 aromatic heterocycles. The first-order chi connectivity index (χ1) is 8.72. The molecule has 0 aliphatic rings. The van der Waals surface area contributed by atoms with Crippen LogP contribution in [0.25, 0.3) is 0 Å². The van der Waals surface area contributed by atoms with E-state index < -0.39 is 6.10 Å². The summed E-state index contributed by atoms with van der Waals surface area (Å²) < 4.78 is 0. The van der Waals surface area contributed by atoms with Gasteiger partial charge in [0.1, 0.15) is 6.10 Å². The normalized spacial score (nSPS) is 12.1. The van der Waals surface area contributed by atoms with E-state index in [1.54, 1.807) is 12.1 Å². The van der Waals surface area contributed by atoms with Crippen molar-refractivity contribution >= 4 is 5.78 Å². The zero-order valence-electron chi connectivity index (χ0n) is 10.3. The molecule has 18 heavy (non-hydrogen) atoms. The molecule has 0 aliphatic carbocycles. The van der Waals surface area contributed by atoms with Gasteiger partial charge in [0.25, 0.3) is 0 Å². The van der Waals surface area contributed by atoms with Gasteiger partial charge in [-0.15, -0.1) is 0 Å². The van der Waals surface area contributed by atoms with E-state index >= 15 is 0 Å². The summed E-state index contributed by atoms with van der Waals surface area (Å²) in [5.41, 5.74) is 2.24. The molecule has 0 spiro atoms. The standard InChI is InChI=1S/C16H16O2/c1-2-15(17)13-9-6-10-14(11-13)16(18)12-7-4-3-5-8-12/h3-11,16,18H,2H2,1H3. The van der Waals surface area contributed by atoms with Crippen LogP contribution in [0.3, 0.4) is 0 Å². The molecule has 1 N–H and O–H groups in total. The maximum atomic E-state index is 11.6. The largest absolute Gasteiger partial charge is 0.384 e. The number of aliphatic hydroxyl groups excluding tert-OH is 1. The summed E-state index contributed by atoms with van der Waals surface area (Å²) >= 11 is 0. The number of hydrogen-bond donors (Lipinski definition) is 1. The number of rotatable bonds is 4. The van der Waals surface area contributed by atoms with Crippen LogP contribution >= 0.6 is 0 Å². The van der Waals surface area contributed by atoms with Crippen molar-refractivity contribution in [3.05, 3.63) is 71.3 Å². The van der Waals surface area contributed by atoms with Crippen molar-refractivity contribution in [1.29, 1.82) is 0 Å². The fourth-order valence-corrected chi connectivity index (χ4v) is 1.91. The van der Waals surface area contributed by atoms with Gasteiger partial charge in [-0.25, -0.2) is 0 Å². The first-order valence-corrected chi connectivity index (χ1v) is 6.08. The van der Waals surface area contributed by atoms with Crippen LogP contribution in [0.2, 0.25) is 0 Å². The third kappa shape index (κ3) is 2.66. The van der Waals surface area contributed by atoms with Gasteiger partial charge in [0.2, 0.25) is 0 Å². The predicted molar refractivity (Wildman–Crippen MR) is 71.6 cm³/mol. The van der Waals surface area contributed by atoms with Crippen LogP contribution < -0.4 is 0 Å². The van der Waals surface area contributed by atoms with Crippen molar-refractivity contribution < 1.29 is 9.90 Å². The van der Waals surface area contributed by atoms with Gasteiger partial charge in [0.15, 0.2) is 5.78 Å². The summed E-state index contributed by atoms with van der Waals surface area (Å²) in [4.78, 5) is 11.6. The predicted octanol–water partition coefficient (Wildman–Crippen LogP) is 3.36. The SMILES string of the molecule is CCC(=O)c1cccc(C(O)c2ccccc2)c1. The van der Waals surface area contributed by atoms with E-state index in [4.69, 9.17) is 0 Å². The van der Waals surface area contributed by atoms with E-state index in [0.717, 1.165) is 11.1 Å². The topological polar surface area (TPSA) is 37.3 Å². The van der Waals surface area contributed by atoms with Gasteiger partial charge in [-0.2, -0.15) is 0 Å². The molecule has 2 rings (SSSR count). The van der Waals surface area contributed by atoms with Crippen LogP contribution in [-0.4, -0.2) is 10.9 Å². The molecule has 1 atom stereocenters. The smallest absolute Gasteiger partial charge is 0.162 e. The molecule has 2 nitrogen and oxygen atoms in total. The minimum absolute atomic E-state index is 0.0945. The highest BCUT2D eigenvalue weighted by atomic mass is 16.3. The fourth-order valence-electron chi connectivity index (χ4n) is 1.91. The molecule has 0 amide bonds. The Kier molecular flexibility index (Phi) is 3.90. The van der Waals surface area contributed by atoms with Crippen molar-refractivity contribution in [3.63, 3.8) is 0 Å². The first-order valence-electron chi connectivity index (χ1n) is 6.08. The Bertz CT molecular complexity index is 532. The lowest BCUT2D eigenvalue weighted by atomic mass is 9.98. The van der Waals surface area contributed by atoms with Crippen molar-refractivity contribution in [2.24, 2.45) is 0 Å². The molecule has 2 aromatic rings. The summed E-state index contributed by atoms with van der Waals surface area (Å²) in [5, 5.41) is 10.3. The van der Waals surface area contributed by atoms with E-state index in [2.05, 4.69) is 0 Å². The molecule has 0 saturated heterocycles. The first kappa shape index (κ1) is 12.5. The van der Waals surface area contributed by atoms with Crippen LogP contribution in [0.5, 0.6) is 0 Å². The number of carbonyl (C=O) groups is 1. The maximum Gasteiger partial charge on any atom is 0.162 e. The second kappa shape index (κ2) is 5.61. The van der Waals surface area contributed by atoms with Crippen LogP contribution in [0.1, 0.15) is 40.9 Å². The molecule has 0 aliphatic heterocycles. The van der Waals surface area contributed by atoms with Crippen molar-refractivity contribution in [2.75, 3.05) is 0 Å². The highest BCUT2D eigenvalue weighted by Gasteiger charge is 2.11. The van der Waals surface area contributed by atoms with E-state index in [0.29, 0.717) is 12.0 Å². The third-order valence-corrected chi connectivity index (χ3v) is 2.96. The lowest BCUT2D eigenvalue weighted by Crippen LogP contribution is -2.02. The summed E-state index contributed by atoms with van der Waals surface area (Å²) in [5.74, 6) is 0.0945. The Balaban J connectivity index is 2.31. The van der Waals surface area contributed by atoms with Gasteiger partial charge < -0.3 is 5.11 Å². The Morgan fingerprint density at radius 3 is 2.39 bits per heavy atom. The highest BCUT2D eigenvalue weighted by Crippen LogP contribution is 2.22. The number of benzene rings is 2. The van der Waals surface area contributed by atoms with Crippen LogP contribution in [0.4, 0.5) is 0 Å². The monoisotopic (exact) mass is 240 g/mol. The van der Waals surface area contributed by atoms with E-state index in [-0.39, 0.29) is 5.78 Å². The van der Waals surface area contributed by atoms with Crippen molar-refractivity contribution in [2.45, 2.75) is 19.4 Å².